The number of benzene rings is 6. The van der Waals surface area contributed by atoms with Crippen molar-refractivity contribution in [1.29, 1.82) is 0 Å². The minimum Gasteiger partial charge on any atom is -0.457 e. The van der Waals surface area contributed by atoms with Crippen LogP contribution in [0, 0.1) is 0 Å². The first-order chi connectivity index (χ1) is 21.2. The smallest absolute Gasteiger partial charge is 0.134 e. The first-order valence-electron chi connectivity index (χ1n) is 15.6. The van der Waals surface area contributed by atoms with Gasteiger partial charge in [-0.3, -0.25) is 0 Å². The van der Waals surface area contributed by atoms with Crippen molar-refractivity contribution in [2.24, 2.45) is 0 Å². The quantitative estimate of drug-likeness (QED) is 0.174. The Morgan fingerprint density at radius 3 is 1.41 bits per heavy atom. The number of para-hydroxylation sites is 2. The molecule has 1 aliphatic heterocycles. The predicted octanol–water partition coefficient (Wildman–Crippen LogP) is 10.6. The highest BCUT2D eigenvalue weighted by Gasteiger charge is 2.38. The Kier molecular flexibility index (Phi) is 5.92. The molecule has 0 amide bonds. The van der Waals surface area contributed by atoms with Crippen LogP contribution in [0.15, 0.2) is 127 Å². The Bertz CT molecular complexity index is 2110. The van der Waals surface area contributed by atoms with Gasteiger partial charge in [-0.25, -0.2) is 0 Å². The van der Waals surface area contributed by atoms with Gasteiger partial charge in [0.05, 0.1) is 0 Å². The topological polar surface area (TPSA) is 9.23 Å². The van der Waals surface area contributed by atoms with Crippen LogP contribution in [0.3, 0.4) is 0 Å². The van der Waals surface area contributed by atoms with Crippen LogP contribution in [0.25, 0.3) is 55.6 Å². The van der Waals surface area contributed by atoms with Crippen molar-refractivity contribution in [3.8, 4) is 67.1 Å². The zero-order valence-corrected chi connectivity index (χ0v) is 27.0. The normalized spacial score (nSPS) is 13.9. The van der Waals surface area contributed by atoms with E-state index in [0.29, 0.717) is 0 Å². The van der Waals surface area contributed by atoms with Crippen molar-refractivity contribution < 1.29 is 4.74 Å². The van der Waals surface area contributed by atoms with Crippen LogP contribution in [-0.2, 0) is 5.41 Å². The Labute approximate surface area is 261 Å². The molecule has 1 heterocycles. The zero-order chi connectivity index (χ0) is 30.2. The number of ether oxygens (including phenoxy) is 1. The lowest BCUT2D eigenvalue weighted by molar-refractivity contribution is 0.488. The van der Waals surface area contributed by atoms with E-state index in [9.17, 15) is 0 Å². The van der Waals surface area contributed by atoms with E-state index in [1.807, 2.05) is 0 Å². The minimum atomic E-state index is -1.97. The lowest BCUT2D eigenvalue weighted by atomic mass is 9.75. The molecule has 0 atom stereocenters. The molecule has 0 fully saturated rings. The largest absolute Gasteiger partial charge is 0.457 e. The summed E-state index contributed by atoms with van der Waals surface area (Å²) >= 11 is 0. The Morgan fingerprint density at radius 2 is 0.864 bits per heavy atom. The summed E-state index contributed by atoms with van der Waals surface area (Å²) in [6, 6.07) is 47.1. The molecule has 0 N–H and O–H groups in total. The Hall–Kier alpha value is -4.66. The molecule has 0 aromatic heterocycles. The summed E-state index contributed by atoms with van der Waals surface area (Å²) in [6.45, 7) is 11.9. The van der Waals surface area contributed by atoms with Gasteiger partial charge in [-0.1, -0.05) is 143 Å². The van der Waals surface area contributed by atoms with Gasteiger partial charge in [0.1, 0.15) is 19.6 Å². The van der Waals surface area contributed by atoms with Gasteiger partial charge in [0.15, 0.2) is 0 Å². The molecule has 0 saturated carbocycles. The van der Waals surface area contributed by atoms with Crippen LogP contribution < -0.4 is 15.1 Å². The Balaban J connectivity index is 1.48. The molecule has 2 heteroatoms. The van der Waals surface area contributed by atoms with E-state index in [1.54, 1.807) is 0 Å². The van der Waals surface area contributed by atoms with Crippen LogP contribution in [0.5, 0.6) is 11.5 Å². The maximum Gasteiger partial charge on any atom is 0.134 e. The highest BCUT2D eigenvalue weighted by atomic mass is 28.3. The lowest BCUT2D eigenvalue weighted by Gasteiger charge is -2.35. The van der Waals surface area contributed by atoms with Crippen molar-refractivity contribution in [2.75, 3.05) is 0 Å². The molecular formula is C42H36OSi. The second-order valence-electron chi connectivity index (χ2n) is 13.7. The van der Waals surface area contributed by atoms with Crippen LogP contribution in [-0.4, -0.2) is 8.07 Å². The molecule has 0 saturated heterocycles. The van der Waals surface area contributed by atoms with E-state index < -0.39 is 8.07 Å². The van der Waals surface area contributed by atoms with Crippen LogP contribution >= 0.6 is 0 Å². The number of hydrogen-bond donors (Lipinski definition) is 0. The molecule has 0 bridgehead atoms. The molecule has 214 valence electrons. The van der Waals surface area contributed by atoms with Gasteiger partial charge in [0.2, 0.25) is 0 Å². The lowest BCUT2D eigenvalue weighted by Crippen LogP contribution is -2.56. The van der Waals surface area contributed by atoms with Gasteiger partial charge in [-0.15, -0.1) is 0 Å². The molecular weight excluding hydrogens is 549 g/mol. The van der Waals surface area contributed by atoms with Gasteiger partial charge in [0.25, 0.3) is 0 Å². The molecule has 8 rings (SSSR count). The molecule has 1 aliphatic carbocycles. The Morgan fingerprint density at radius 1 is 0.432 bits per heavy atom. The summed E-state index contributed by atoms with van der Waals surface area (Å²) < 4.78 is 6.86. The molecule has 0 radical (unpaired) electrons. The van der Waals surface area contributed by atoms with Gasteiger partial charge in [-0.2, -0.15) is 0 Å². The maximum absolute atomic E-state index is 6.86. The van der Waals surface area contributed by atoms with E-state index in [4.69, 9.17) is 4.74 Å². The minimum absolute atomic E-state index is 0.0959. The van der Waals surface area contributed by atoms with Gasteiger partial charge < -0.3 is 4.74 Å². The van der Waals surface area contributed by atoms with E-state index in [2.05, 4.69) is 161 Å². The predicted molar refractivity (Wildman–Crippen MR) is 189 cm³/mol. The number of hydrogen-bond acceptors (Lipinski definition) is 1. The third-order valence-electron chi connectivity index (χ3n) is 9.66. The third kappa shape index (κ3) is 3.98. The van der Waals surface area contributed by atoms with E-state index in [0.717, 1.165) is 11.5 Å². The van der Waals surface area contributed by atoms with Crippen molar-refractivity contribution in [3.05, 3.63) is 133 Å². The second kappa shape index (κ2) is 9.67. The molecule has 1 nitrogen and oxygen atoms in total. The van der Waals surface area contributed by atoms with Gasteiger partial charge in [-0.05, 0) is 89.6 Å². The first kappa shape index (κ1) is 26.9. The summed E-state index contributed by atoms with van der Waals surface area (Å²) in [6.07, 6.45) is 0. The standard InChI is InChI=1S/C42H36OSi/c1-42(2,3)37-26-35-32-20-11-9-18-30(32)28-16-7-6-15-27(28)29-17-8-10-19-31(29)34(35)25-36(37)33-21-14-24-40-41(33)43-38-22-12-13-23-39(38)44(40,4)5/h6-26H,1-5H3. The summed E-state index contributed by atoms with van der Waals surface area (Å²) in [5.41, 5.74) is 13.8. The van der Waals surface area contributed by atoms with Crippen molar-refractivity contribution in [3.63, 3.8) is 0 Å². The fourth-order valence-electron chi connectivity index (χ4n) is 7.43. The van der Waals surface area contributed by atoms with E-state index in [1.165, 1.54) is 71.6 Å². The van der Waals surface area contributed by atoms with Gasteiger partial charge in [0, 0.05) is 5.56 Å². The molecule has 0 spiro atoms. The highest BCUT2D eigenvalue weighted by molar-refractivity contribution is 7.01. The average Bonchev–Trinajstić information content (AvgIpc) is 3.03. The summed E-state index contributed by atoms with van der Waals surface area (Å²) in [7, 11) is -1.97. The SMILES string of the molecule is CC(C)(C)c1cc2c(cc1-c1cccc3c1Oc1ccccc1[Si]3(C)C)-c1ccccc1-c1ccccc1-c1ccccc1-2. The fourth-order valence-corrected chi connectivity index (χ4v) is 10.2. The van der Waals surface area contributed by atoms with E-state index >= 15 is 0 Å². The number of rotatable bonds is 1. The van der Waals surface area contributed by atoms with Crippen molar-refractivity contribution in [1.82, 2.24) is 0 Å². The van der Waals surface area contributed by atoms with Crippen LogP contribution in [0.2, 0.25) is 13.1 Å². The number of fused-ring (bicyclic) bond motifs is 10. The monoisotopic (exact) mass is 584 g/mol. The molecule has 6 aromatic rings. The molecule has 2 aliphatic rings. The first-order valence-corrected chi connectivity index (χ1v) is 18.6. The van der Waals surface area contributed by atoms with Crippen LogP contribution in [0.4, 0.5) is 0 Å². The highest BCUT2D eigenvalue weighted by Crippen LogP contribution is 2.51. The van der Waals surface area contributed by atoms with Crippen molar-refractivity contribution >= 4 is 18.4 Å². The van der Waals surface area contributed by atoms with E-state index in [-0.39, 0.29) is 5.41 Å². The second-order valence-corrected chi connectivity index (χ2v) is 18.1. The van der Waals surface area contributed by atoms with Crippen LogP contribution in [0.1, 0.15) is 26.3 Å². The maximum atomic E-state index is 6.86. The molecule has 6 aromatic carbocycles. The summed E-state index contributed by atoms with van der Waals surface area (Å²) in [4.78, 5) is 0. The molecule has 44 heavy (non-hydrogen) atoms. The third-order valence-corrected chi connectivity index (χ3v) is 13.2. The molecule has 0 unspecified atom stereocenters. The fraction of sp³-hybridized carbons (Fsp3) is 0.143. The summed E-state index contributed by atoms with van der Waals surface area (Å²) in [5.74, 6) is 2.03. The van der Waals surface area contributed by atoms with Crippen molar-refractivity contribution in [2.45, 2.75) is 39.3 Å². The average molecular weight is 585 g/mol. The zero-order valence-electron chi connectivity index (χ0n) is 26.0. The summed E-state index contributed by atoms with van der Waals surface area (Å²) in [5, 5.41) is 2.73. The van der Waals surface area contributed by atoms with Gasteiger partial charge >= 0.3 is 0 Å².